The molecule has 0 fully saturated rings. The van der Waals surface area contributed by atoms with Gasteiger partial charge in [-0.1, -0.05) is 18.0 Å². The zero-order valence-corrected chi connectivity index (χ0v) is 16.6. The summed E-state index contributed by atoms with van der Waals surface area (Å²) in [7, 11) is 1.70. The Labute approximate surface area is 166 Å². The molecule has 0 amide bonds. The van der Waals surface area contributed by atoms with Gasteiger partial charge in [0.25, 0.3) is 0 Å². The Morgan fingerprint density at radius 2 is 2.25 bits per heavy atom. The third kappa shape index (κ3) is 4.78. The summed E-state index contributed by atoms with van der Waals surface area (Å²) < 4.78 is 15.1. The van der Waals surface area contributed by atoms with Crippen LogP contribution < -0.4 is 0 Å². The molecule has 3 rings (SSSR count). The van der Waals surface area contributed by atoms with Gasteiger partial charge in [-0.25, -0.2) is 14.1 Å². The normalized spacial score (nSPS) is 11.2. The fraction of sp³-hybridized carbons (Fsp3) is 0.316. The topological polar surface area (TPSA) is 78.1 Å². The number of benzene rings is 1. The number of aryl methyl sites for hydroxylation is 2. The summed E-state index contributed by atoms with van der Waals surface area (Å²) in [6, 6.07) is 4.67. The summed E-state index contributed by atoms with van der Waals surface area (Å²) >= 11 is 1.47. The van der Waals surface area contributed by atoms with E-state index < -0.39 is 0 Å². The standard InChI is InChI=1S/C19H19FN6OS/c1-4-5-6-7-17-21-15(12-28-17)11-27-23-18(19-22-24-25-26(19)3)14-8-9-16(20)13(2)10-14/h8-10,12H,4-5,11H2,1-3H3. The maximum atomic E-state index is 13.6. The lowest BCUT2D eigenvalue weighted by Crippen LogP contribution is -2.12. The van der Waals surface area contributed by atoms with E-state index in [0.29, 0.717) is 22.7 Å². The molecule has 0 radical (unpaired) electrons. The molecule has 0 aliphatic carbocycles. The van der Waals surface area contributed by atoms with Gasteiger partial charge >= 0.3 is 0 Å². The third-order valence-corrected chi connectivity index (χ3v) is 4.56. The Morgan fingerprint density at radius 3 is 2.96 bits per heavy atom. The first-order chi connectivity index (χ1) is 13.6. The van der Waals surface area contributed by atoms with E-state index >= 15 is 0 Å². The number of unbranched alkanes of at least 4 members (excludes halogenated alkanes) is 1. The molecule has 0 saturated heterocycles. The van der Waals surface area contributed by atoms with Crippen LogP contribution in [-0.2, 0) is 18.5 Å². The summed E-state index contributed by atoms with van der Waals surface area (Å²) in [4.78, 5) is 9.92. The molecule has 0 atom stereocenters. The maximum Gasteiger partial charge on any atom is 0.204 e. The fourth-order valence-corrected chi connectivity index (χ4v) is 2.97. The van der Waals surface area contributed by atoms with Crippen LogP contribution in [0.1, 0.15) is 47.4 Å². The van der Waals surface area contributed by atoms with E-state index in [9.17, 15) is 4.39 Å². The maximum absolute atomic E-state index is 13.6. The molecule has 0 unspecified atom stereocenters. The van der Waals surface area contributed by atoms with Crippen molar-refractivity contribution in [2.75, 3.05) is 0 Å². The van der Waals surface area contributed by atoms with Crippen LogP contribution in [0.25, 0.3) is 0 Å². The molecular weight excluding hydrogens is 379 g/mol. The number of nitrogens with zero attached hydrogens (tertiary/aromatic N) is 6. The summed E-state index contributed by atoms with van der Waals surface area (Å²) in [5.74, 6) is 6.22. The van der Waals surface area contributed by atoms with Crippen LogP contribution in [0.5, 0.6) is 0 Å². The molecule has 0 aliphatic rings. The summed E-state index contributed by atoms with van der Waals surface area (Å²) in [5.41, 5.74) is 2.30. The average molecular weight is 398 g/mol. The first-order valence-electron chi connectivity index (χ1n) is 8.71. The van der Waals surface area contributed by atoms with Crippen LogP contribution in [-0.4, -0.2) is 30.9 Å². The second kappa shape index (κ2) is 9.19. The highest BCUT2D eigenvalue weighted by Gasteiger charge is 2.16. The zero-order chi connectivity index (χ0) is 19.9. The lowest BCUT2D eigenvalue weighted by atomic mass is 10.1. The van der Waals surface area contributed by atoms with Gasteiger partial charge in [-0.2, -0.15) is 0 Å². The first-order valence-corrected chi connectivity index (χ1v) is 9.59. The summed E-state index contributed by atoms with van der Waals surface area (Å²) in [5, 5.41) is 18.3. The van der Waals surface area contributed by atoms with Crippen LogP contribution >= 0.6 is 11.3 Å². The average Bonchev–Trinajstić information content (AvgIpc) is 3.31. The molecule has 0 saturated carbocycles. The van der Waals surface area contributed by atoms with Crippen LogP contribution in [0.2, 0.25) is 0 Å². The van der Waals surface area contributed by atoms with Crippen molar-refractivity contribution in [2.24, 2.45) is 12.2 Å². The molecule has 3 aromatic rings. The Hall–Kier alpha value is -3.12. The molecule has 28 heavy (non-hydrogen) atoms. The van der Waals surface area contributed by atoms with E-state index in [1.807, 2.05) is 5.38 Å². The summed E-state index contributed by atoms with van der Waals surface area (Å²) in [6.45, 7) is 3.95. The summed E-state index contributed by atoms with van der Waals surface area (Å²) in [6.07, 6.45) is 1.87. The quantitative estimate of drug-likeness (QED) is 0.362. The van der Waals surface area contributed by atoms with Crippen molar-refractivity contribution < 1.29 is 9.23 Å². The second-order valence-electron chi connectivity index (χ2n) is 6.00. The van der Waals surface area contributed by atoms with Crippen molar-refractivity contribution in [3.8, 4) is 11.8 Å². The van der Waals surface area contributed by atoms with Crippen molar-refractivity contribution in [2.45, 2.75) is 33.3 Å². The van der Waals surface area contributed by atoms with Gasteiger partial charge < -0.3 is 4.84 Å². The van der Waals surface area contributed by atoms with Gasteiger partial charge in [0.2, 0.25) is 5.82 Å². The van der Waals surface area contributed by atoms with Crippen molar-refractivity contribution in [1.29, 1.82) is 0 Å². The van der Waals surface area contributed by atoms with E-state index in [4.69, 9.17) is 4.84 Å². The molecular formula is C19H19FN6OS. The predicted octanol–water partition coefficient (Wildman–Crippen LogP) is 3.23. The van der Waals surface area contributed by atoms with Crippen molar-refractivity contribution in [3.05, 3.63) is 57.0 Å². The number of rotatable bonds is 6. The van der Waals surface area contributed by atoms with Crippen molar-refractivity contribution >= 4 is 17.0 Å². The molecule has 0 spiro atoms. The van der Waals surface area contributed by atoms with Crippen LogP contribution in [0, 0.1) is 24.6 Å². The van der Waals surface area contributed by atoms with Gasteiger partial charge in [-0.15, -0.1) is 16.4 Å². The zero-order valence-electron chi connectivity index (χ0n) is 15.8. The van der Waals surface area contributed by atoms with Crippen molar-refractivity contribution in [3.63, 3.8) is 0 Å². The Bertz CT molecular complexity index is 1050. The van der Waals surface area contributed by atoms with Gasteiger partial charge in [-0.3, -0.25) is 0 Å². The van der Waals surface area contributed by atoms with E-state index in [1.165, 1.54) is 22.1 Å². The third-order valence-electron chi connectivity index (χ3n) is 3.75. The second-order valence-corrected chi connectivity index (χ2v) is 6.86. The monoisotopic (exact) mass is 398 g/mol. The van der Waals surface area contributed by atoms with Gasteiger partial charge in [0.15, 0.2) is 17.3 Å². The minimum absolute atomic E-state index is 0.181. The molecule has 9 heteroatoms. The number of hydrogen-bond acceptors (Lipinski definition) is 7. The molecule has 1 aromatic carbocycles. The van der Waals surface area contributed by atoms with Gasteiger partial charge in [0.05, 0.1) is 5.69 Å². The van der Waals surface area contributed by atoms with E-state index in [0.717, 1.165) is 23.5 Å². The lowest BCUT2D eigenvalue weighted by molar-refractivity contribution is 0.128. The van der Waals surface area contributed by atoms with Crippen LogP contribution in [0.15, 0.2) is 28.7 Å². The number of halogens is 1. The predicted molar refractivity (Wildman–Crippen MR) is 104 cm³/mol. The molecule has 2 heterocycles. The van der Waals surface area contributed by atoms with Gasteiger partial charge in [0, 0.05) is 24.4 Å². The van der Waals surface area contributed by atoms with Crippen LogP contribution in [0.3, 0.4) is 0 Å². The molecule has 2 aromatic heterocycles. The lowest BCUT2D eigenvalue weighted by Gasteiger charge is -2.07. The minimum atomic E-state index is -0.292. The SMILES string of the molecule is CCCC#Cc1nc(CON=C(c2ccc(F)c(C)c2)c2nnnn2C)cs1. The van der Waals surface area contributed by atoms with E-state index in [2.05, 4.69) is 44.4 Å². The smallest absolute Gasteiger partial charge is 0.204 e. The van der Waals surface area contributed by atoms with E-state index in [1.54, 1.807) is 26.1 Å². The Kier molecular flexibility index (Phi) is 6.45. The Balaban J connectivity index is 1.80. The highest BCUT2D eigenvalue weighted by molar-refractivity contribution is 7.10. The van der Waals surface area contributed by atoms with Gasteiger partial charge in [-0.05, 0) is 53.5 Å². The largest absolute Gasteiger partial charge is 0.389 e. The first kappa shape index (κ1) is 19.6. The molecule has 0 N–H and O–H groups in total. The number of tetrazole rings is 1. The Morgan fingerprint density at radius 1 is 1.39 bits per heavy atom. The number of aromatic nitrogens is 5. The molecule has 144 valence electrons. The fourth-order valence-electron chi connectivity index (χ4n) is 2.30. The molecule has 0 aliphatic heterocycles. The highest BCUT2D eigenvalue weighted by Crippen LogP contribution is 2.15. The number of oxime groups is 1. The van der Waals surface area contributed by atoms with Gasteiger partial charge in [0.1, 0.15) is 5.82 Å². The van der Waals surface area contributed by atoms with Crippen LogP contribution in [0.4, 0.5) is 4.39 Å². The highest BCUT2D eigenvalue weighted by atomic mass is 32.1. The number of thiazole rings is 1. The van der Waals surface area contributed by atoms with E-state index in [-0.39, 0.29) is 12.4 Å². The molecule has 0 bridgehead atoms. The van der Waals surface area contributed by atoms with Crippen molar-refractivity contribution in [1.82, 2.24) is 25.2 Å². The molecule has 7 nitrogen and oxygen atoms in total. The minimum Gasteiger partial charge on any atom is -0.389 e. The number of hydrogen-bond donors (Lipinski definition) is 0.